The lowest BCUT2D eigenvalue weighted by Gasteiger charge is -2.04. The molecule has 0 aromatic heterocycles. The van der Waals surface area contributed by atoms with Gasteiger partial charge in [0, 0.05) is 0 Å². The van der Waals surface area contributed by atoms with Crippen molar-refractivity contribution in [1.82, 2.24) is 0 Å². The van der Waals surface area contributed by atoms with E-state index in [-0.39, 0.29) is 6.10 Å². The molecule has 0 bridgehead atoms. The second-order valence-electron chi connectivity index (χ2n) is 3.03. The van der Waals surface area contributed by atoms with E-state index in [9.17, 15) is 5.11 Å². The van der Waals surface area contributed by atoms with Gasteiger partial charge in [-0.3, -0.25) is 0 Å². The summed E-state index contributed by atoms with van der Waals surface area (Å²) in [6.07, 6.45) is 2.53. The molecule has 1 N–H and O–H groups in total. The van der Waals surface area contributed by atoms with E-state index in [1.165, 1.54) is 11.1 Å². The quantitative estimate of drug-likeness (QED) is 0.593. The number of fused-ring (bicyclic) bond motifs is 1. The molecular formula is C10H11O. The minimum Gasteiger partial charge on any atom is -0.388 e. The minimum absolute atomic E-state index is 0.329. The summed E-state index contributed by atoms with van der Waals surface area (Å²) in [6, 6.07) is 6.08. The second kappa shape index (κ2) is 2.35. The van der Waals surface area contributed by atoms with Crippen molar-refractivity contribution in [2.45, 2.75) is 19.4 Å². The van der Waals surface area contributed by atoms with E-state index >= 15 is 0 Å². The van der Waals surface area contributed by atoms with Crippen molar-refractivity contribution in [2.75, 3.05) is 0 Å². The van der Waals surface area contributed by atoms with Gasteiger partial charge in [-0.1, -0.05) is 18.2 Å². The summed E-state index contributed by atoms with van der Waals surface area (Å²) >= 11 is 0. The largest absolute Gasteiger partial charge is 0.388 e. The normalized spacial score (nSPS) is 21.8. The number of aryl methyl sites for hydroxylation is 1. The van der Waals surface area contributed by atoms with Gasteiger partial charge in [0.25, 0.3) is 0 Å². The van der Waals surface area contributed by atoms with Crippen molar-refractivity contribution in [3.8, 4) is 0 Å². The summed E-state index contributed by atoms with van der Waals surface area (Å²) < 4.78 is 0. The van der Waals surface area contributed by atoms with Crippen molar-refractivity contribution < 1.29 is 5.11 Å². The third kappa shape index (κ3) is 0.962. The van der Waals surface area contributed by atoms with Crippen LogP contribution in [0.15, 0.2) is 18.2 Å². The van der Waals surface area contributed by atoms with Gasteiger partial charge in [0.2, 0.25) is 0 Å². The predicted octanol–water partition coefficient (Wildman–Crippen LogP) is 1.79. The van der Waals surface area contributed by atoms with E-state index in [0.717, 1.165) is 12.0 Å². The van der Waals surface area contributed by atoms with Gasteiger partial charge >= 0.3 is 0 Å². The molecule has 0 aliphatic heterocycles. The number of hydrogen-bond donors (Lipinski definition) is 1. The summed E-state index contributed by atoms with van der Waals surface area (Å²) in [6.45, 7) is 2.09. The lowest BCUT2D eigenvalue weighted by Crippen LogP contribution is -1.90. The lowest BCUT2D eigenvalue weighted by atomic mass is 10.0. The zero-order valence-corrected chi connectivity index (χ0v) is 6.54. The van der Waals surface area contributed by atoms with Gasteiger partial charge in [-0.2, -0.15) is 0 Å². The Hall–Kier alpha value is -0.820. The van der Waals surface area contributed by atoms with Gasteiger partial charge < -0.3 is 5.11 Å². The van der Waals surface area contributed by atoms with Crippen LogP contribution in [0.4, 0.5) is 0 Å². The molecule has 1 aliphatic rings. The zero-order chi connectivity index (χ0) is 7.84. The van der Waals surface area contributed by atoms with Gasteiger partial charge in [-0.25, -0.2) is 0 Å². The molecule has 0 saturated carbocycles. The van der Waals surface area contributed by atoms with Gasteiger partial charge in [-0.15, -0.1) is 0 Å². The van der Waals surface area contributed by atoms with E-state index < -0.39 is 0 Å². The van der Waals surface area contributed by atoms with Crippen LogP contribution in [0.2, 0.25) is 0 Å². The van der Waals surface area contributed by atoms with Crippen molar-refractivity contribution in [3.05, 3.63) is 41.3 Å². The third-order valence-corrected chi connectivity index (χ3v) is 2.31. The minimum atomic E-state index is -0.329. The molecule has 0 fully saturated rings. The molecule has 0 saturated heterocycles. The summed E-state index contributed by atoms with van der Waals surface area (Å²) in [5.74, 6) is 0. The van der Waals surface area contributed by atoms with Crippen LogP contribution in [-0.4, -0.2) is 5.11 Å². The Morgan fingerprint density at radius 3 is 3.00 bits per heavy atom. The fraction of sp³-hybridized carbons (Fsp3) is 0.300. The molecule has 1 aromatic carbocycles. The van der Waals surface area contributed by atoms with Crippen molar-refractivity contribution in [1.29, 1.82) is 0 Å². The molecule has 1 aliphatic carbocycles. The molecule has 2 rings (SSSR count). The predicted molar refractivity (Wildman–Crippen MR) is 44.1 cm³/mol. The number of aliphatic hydroxyl groups is 1. The van der Waals surface area contributed by atoms with Crippen LogP contribution in [0.3, 0.4) is 0 Å². The highest BCUT2D eigenvalue weighted by atomic mass is 16.3. The molecule has 0 spiro atoms. The Morgan fingerprint density at radius 2 is 2.27 bits per heavy atom. The van der Waals surface area contributed by atoms with Crippen LogP contribution < -0.4 is 0 Å². The second-order valence-corrected chi connectivity index (χ2v) is 3.03. The smallest absolute Gasteiger partial charge is 0.0828 e. The molecule has 1 nitrogen and oxygen atoms in total. The van der Waals surface area contributed by atoms with Crippen LogP contribution in [0.5, 0.6) is 0 Å². The van der Waals surface area contributed by atoms with E-state index in [1.807, 2.05) is 18.6 Å². The Morgan fingerprint density at radius 1 is 1.45 bits per heavy atom. The monoisotopic (exact) mass is 147 g/mol. The highest BCUT2D eigenvalue weighted by Gasteiger charge is 2.20. The molecule has 1 radical (unpaired) electrons. The van der Waals surface area contributed by atoms with Crippen molar-refractivity contribution in [3.63, 3.8) is 0 Å². The fourth-order valence-electron chi connectivity index (χ4n) is 1.64. The summed E-state index contributed by atoms with van der Waals surface area (Å²) in [7, 11) is 0. The Bertz CT molecular complexity index is 278. The molecule has 1 aromatic rings. The first-order chi connectivity index (χ1) is 5.29. The summed E-state index contributed by atoms with van der Waals surface area (Å²) in [5, 5.41) is 9.45. The topological polar surface area (TPSA) is 20.2 Å². The average molecular weight is 147 g/mol. The molecule has 0 amide bonds. The molecule has 0 heterocycles. The number of aliphatic hydroxyl groups excluding tert-OH is 1. The van der Waals surface area contributed by atoms with E-state index in [2.05, 4.69) is 13.0 Å². The number of rotatable bonds is 0. The van der Waals surface area contributed by atoms with Crippen LogP contribution >= 0.6 is 0 Å². The molecule has 11 heavy (non-hydrogen) atoms. The number of hydrogen-bond acceptors (Lipinski definition) is 1. The summed E-state index contributed by atoms with van der Waals surface area (Å²) in [5.41, 5.74) is 3.68. The lowest BCUT2D eigenvalue weighted by molar-refractivity contribution is 0.217. The van der Waals surface area contributed by atoms with Gasteiger partial charge in [0.15, 0.2) is 0 Å². The standard InChI is InChI=1S/C10H11O/c1-7-3-2-4-9-8(7)5-6-10(9)11/h2-4,6,10-11H,5H2,1H3. The van der Waals surface area contributed by atoms with Crippen molar-refractivity contribution in [2.24, 2.45) is 0 Å². The summed E-state index contributed by atoms with van der Waals surface area (Å²) in [4.78, 5) is 0. The Balaban J connectivity index is 2.57. The Kier molecular flexibility index (Phi) is 1.46. The molecular weight excluding hydrogens is 136 g/mol. The van der Waals surface area contributed by atoms with Crippen LogP contribution in [0.1, 0.15) is 22.8 Å². The van der Waals surface area contributed by atoms with Crippen LogP contribution in [-0.2, 0) is 6.42 Å². The maximum Gasteiger partial charge on any atom is 0.0828 e. The number of benzene rings is 1. The molecule has 1 unspecified atom stereocenters. The third-order valence-electron chi connectivity index (χ3n) is 2.31. The molecule has 1 heteroatoms. The van der Waals surface area contributed by atoms with Gasteiger partial charge in [0.1, 0.15) is 0 Å². The van der Waals surface area contributed by atoms with Crippen LogP contribution in [0.25, 0.3) is 0 Å². The maximum absolute atomic E-state index is 9.45. The van der Waals surface area contributed by atoms with E-state index in [1.54, 1.807) is 0 Å². The van der Waals surface area contributed by atoms with E-state index in [4.69, 9.17) is 0 Å². The first-order valence-electron chi connectivity index (χ1n) is 3.89. The first kappa shape index (κ1) is 6.86. The molecule has 57 valence electrons. The van der Waals surface area contributed by atoms with Crippen LogP contribution in [0, 0.1) is 13.3 Å². The highest BCUT2D eigenvalue weighted by molar-refractivity contribution is 5.42. The van der Waals surface area contributed by atoms with Crippen molar-refractivity contribution >= 4 is 0 Å². The molecule has 1 atom stereocenters. The van der Waals surface area contributed by atoms with E-state index in [0.29, 0.717) is 0 Å². The SMILES string of the molecule is Cc1cccc2c1C[CH]C2O. The van der Waals surface area contributed by atoms with Gasteiger partial charge in [0.05, 0.1) is 6.10 Å². The first-order valence-corrected chi connectivity index (χ1v) is 3.89. The van der Waals surface area contributed by atoms with Gasteiger partial charge in [-0.05, 0) is 36.5 Å². The maximum atomic E-state index is 9.45. The zero-order valence-electron chi connectivity index (χ0n) is 6.54. The Labute approximate surface area is 66.7 Å². The fourth-order valence-corrected chi connectivity index (χ4v) is 1.64. The average Bonchev–Trinajstić information content (AvgIpc) is 2.35. The highest BCUT2D eigenvalue weighted by Crippen LogP contribution is 2.31.